The number of ether oxygens (including phenoxy) is 2. The van der Waals surface area contributed by atoms with Gasteiger partial charge in [-0.2, -0.15) is 0 Å². The smallest absolute Gasteiger partial charge is 0.396 e. The second-order valence-corrected chi connectivity index (χ2v) is 4.20. The van der Waals surface area contributed by atoms with Gasteiger partial charge in [0.05, 0.1) is 19.9 Å². The number of carbonyl (C=O) groups is 1. The van der Waals surface area contributed by atoms with Crippen molar-refractivity contribution in [3.8, 4) is 5.75 Å². The van der Waals surface area contributed by atoms with Crippen molar-refractivity contribution >= 4 is 17.7 Å². The number of carbonyl (C=O) groups excluding carboxylic acids is 1. The van der Waals surface area contributed by atoms with Gasteiger partial charge in [0.1, 0.15) is 10.8 Å². The van der Waals surface area contributed by atoms with Crippen LogP contribution in [0.25, 0.3) is 0 Å². The van der Waals surface area contributed by atoms with Crippen LogP contribution in [0.2, 0.25) is 0 Å². The van der Waals surface area contributed by atoms with Crippen LogP contribution >= 0.6 is 11.8 Å². The maximum absolute atomic E-state index is 11.3. The fourth-order valence-corrected chi connectivity index (χ4v) is 1.79. The Kier molecular flexibility index (Phi) is 4.35. The van der Waals surface area contributed by atoms with Crippen LogP contribution in [0.15, 0.2) is 33.0 Å². The van der Waals surface area contributed by atoms with E-state index in [1.165, 1.54) is 0 Å². The van der Waals surface area contributed by atoms with Crippen LogP contribution < -0.4 is 4.74 Å². The third-order valence-electron chi connectivity index (χ3n) is 1.99. The van der Waals surface area contributed by atoms with Gasteiger partial charge in [0.25, 0.3) is 5.22 Å². The number of esters is 1. The summed E-state index contributed by atoms with van der Waals surface area (Å²) in [5, 5.41) is 8.21. The van der Waals surface area contributed by atoms with Crippen LogP contribution in [0, 0.1) is 0 Å². The van der Waals surface area contributed by atoms with Gasteiger partial charge in [-0.1, -0.05) is 5.10 Å². The van der Waals surface area contributed by atoms with E-state index in [0.717, 1.165) is 11.8 Å². The van der Waals surface area contributed by atoms with Gasteiger partial charge in [0, 0.05) is 0 Å². The maximum atomic E-state index is 11.3. The lowest BCUT2D eigenvalue weighted by Gasteiger charge is -1.99. The minimum atomic E-state index is -0.635. The monoisotopic (exact) mass is 281 g/mol. The molecule has 0 fully saturated rings. The predicted molar refractivity (Wildman–Crippen MR) is 65.2 cm³/mol. The average molecular weight is 281 g/mol. The predicted octanol–water partition coefficient (Wildman–Crippen LogP) is 1.80. The van der Waals surface area contributed by atoms with Gasteiger partial charge in [-0.05, 0) is 30.8 Å². The fourth-order valence-electron chi connectivity index (χ4n) is 1.16. The molecule has 0 radical (unpaired) electrons. The largest absolute Gasteiger partial charge is 0.495 e. The molecule has 0 spiro atoms. The highest BCUT2D eigenvalue weighted by molar-refractivity contribution is 7.99. The van der Waals surface area contributed by atoms with Crippen LogP contribution in [-0.2, 0) is 4.74 Å². The molecule has 100 valence electrons. The Morgan fingerprint density at radius 1 is 1.42 bits per heavy atom. The highest BCUT2D eigenvalue weighted by Crippen LogP contribution is 2.25. The summed E-state index contributed by atoms with van der Waals surface area (Å²) < 4.78 is 14.9. The molecule has 0 unspecified atom stereocenters. The van der Waals surface area contributed by atoms with E-state index in [9.17, 15) is 4.79 Å². The molecule has 19 heavy (non-hydrogen) atoms. The summed E-state index contributed by atoms with van der Waals surface area (Å²) in [6.07, 6.45) is 1.57. The number of hydrogen-bond donors (Lipinski definition) is 0. The zero-order valence-electron chi connectivity index (χ0n) is 10.3. The van der Waals surface area contributed by atoms with Gasteiger partial charge in [-0.15, -0.1) is 5.10 Å². The molecule has 0 aliphatic carbocycles. The van der Waals surface area contributed by atoms with Crippen LogP contribution in [0.4, 0.5) is 0 Å². The first-order valence-electron chi connectivity index (χ1n) is 5.41. The minimum absolute atomic E-state index is 0.169. The quantitative estimate of drug-likeness (QED) is 0.767. The SMILES string of the molecule is CCOC(=O)c1nnc(Sc2ccc(OC)cn2)o1. The van der Waals surface area contributed by atoms with Crippen molar-refractivity contribution in [3.63, 3.8) is 0 Å². The van der Waals surface area contributed by atoms with E-state index >= 15 is 0 Å². The average Bonchev–Trinajstić information content (AvgIpc) is 2.88. The number of rotatable bonds is 5. The highest BCUT2D eigenvalue weighted by Gasteiger charge is 2.16. The van der Waals surface area contributed by atoms with E-state index in [4.69, 9.17) is 13.9 Å². The number of nitrogens with zero attached hydrogens (tertiary/aromatic N) is 3. The Morgan fingerprint density at radius 2 is 2.26 bits per heavy atom. The van der Waals surface area contributed by atoms with Crippen molar-refractivity contribution in [1.29, 1.82) is 0 Å². The molecule has 2 aromatic heterocycles. The molecule has 0 saturated heterocycles. The Bertz CT molecular complexity index is 555. The van der Waals surface area contributed by atoms with E-state index < -0.39 is 5.97 Å². The molecule has 7 nitrogen and oxygen atoms in total. The van der Waals surface area contributed by atoms with Crippen molar-refractivity contribution in [2.45, 2.75) is 17.2 Å². The fraction of sp³-hybridized carbons (Fsp3) is 0.273. The lowest BCUT2D eigenvalue weighted by Crippen LogP contribution is -2.04. The van der Waals surface area contributed by atoms with E-state index in [1.54, 1.807) is 32.4 Å². The minimum Gasteiger partial charge on any atom is -0.495 e. The zero-order chi connectivity index (χ0) is 13.7. The number of aromatic nitrogens is 3. The molecule has 0 bridgehead atoms. The van der Waals surface area contributed by atoms with Crippen molar-refractivity contribution in [2.24, 2.45) is 0 Å². The second-order valence-electron chi connectivity index (χ2n) is 3.23. The van der Waals surface area contributed by atoms with E-state index in [0.29, 0.717) is 10.8 Å². The molecular weight excluding hydrogens is 270 g/mol. The van der Waals surface area contributed by atoms with Crippen molar-refractivity contribution in [3.05, 3.63) is 24.2 Å². The molecule has 2 heterocycles. The van der Waals surface area contributed by atoms with E-state index in [2.05, 4.69) is 15.2 Å². The van der Waals surface area contributed by atoms with Gasteiger partial charge in [0.2, 0.25) is 0 Å². The third kappa shape index (κ3) is 3.44. The van der Waals surface area contributed by atoms with Crippen molar-refractivity contribution < 1.29 is 18.7 Å². The summed E-state index contributed by atoms with van der Waals surface area (Å²) >= 11 is 1.15. The Balaban J connectivity index is 2.04. The van der Waals surface area contributed by atoms with Crippen LogP contribution in [0.3, 0.4) is 0 Å². The molecule has 0 aliphatic heterocycles. The first-order valence-corrected chi connectivity index (χ1v) is 6.23. The Hall–Kier alpha value is -2.09. The van der Waals surface area contributed by atoms with Crippen LogP contribution in [0.5, 0.6) is 5.75 Å². The maximum Gasteiger partial charge on any atom is 0.396 e. The van der Waals surface area contributed by atoms with Crippen molar-refractivity contribution in [2.75, 3.05) is 13.7 Å². The number of pyridine rings is 1. The summed E-state index contributed by atoms with van der Waals surface area (Å²) in [6.45, 7) is 1.95. The molecular formula is C11H11N3O4S. The van der Waals surface area contributed by atoms with Crippen LogP contribution in [0.1, 0.15) is 17.6 Å². The topological polar surface area (TPSA) is 87.3 Å². The van der Waals surface area contributed by atoms with Gasteiger partial charge in [0.15, 0.2) is 0 Å². The molecule has 0 saturated carbocycles. The summed E-state index contributed by atoms with van der Waals surface area (Å²) in [4.78, 5) is 15.5. The lowest BCUT2D eigenvalue weighted by atomic mass is 10.5. The van der Waals surface area contributed by atoms with E-state index in [-0.39, 0.29) is 17.7 Å². The first kappa shape index (κ1) is 13.3. The normalized spacial score (nSPS) is 10.2. The summed E-state index contributed by atoms with van der Waals surface area (Å²) in [5.41, 5.74) is 0. The van der Waals surface area contributed by atoms with Gasteiger partial charge in [-0.3, -0.25) is 0 Å². The standard InChI is InChI=1S/C11H11N3O4S/c1-3-17-10(15)9-13-14-11(18-9)19-8-5-4-7(16-2)6-12-8/h4-6H,3H2,1-2H3. The second kappa shape index (κ2) is 6.19. The molecule has 0 atom stereocenters. The zero-order valence-corrected chi connectivity index (χ0v) is 11.1. The molecule has 0 N–H and O–H groups in total. The summed E-state index contributed by atoms with van der Waals surface area (Å²) in [6, 6.07) is 3.51. The lowest BCUT2D eigenvalue weighted by molar-refractivity contribution is 0.0475. The van der Waals surface area contributed by atoms with Gasteiger partial charge in [-0.25, -0.2) is 9.78 Å². The van der Waals surface area contributed by atoms with Crippen molar-refractivity contribution in [1.82, 2.24) is 15.2 Å². The Morgan fingerprint density at radius 3 is 2.89 bits per heavy atom. The molecule has 2 rings (SSSR count). The molecule has 8 heteroatoms. The van der Waals surface area contributed by atoms with E-state index in [1.807, 2.05) is 0 Å². The Labute approximate surface area is 113 Å². The molecule has 0 aromatic carbocycles. The van der Waals surface area contributed by atoms with Crippen LogP contribution in [-0.4, -0.2) is 34.9 Å². The molecule has 2 aromatic rings. The third-order valence-corrected chi connectivity index (χ3v) is 2.78. The van der Waals surface area contributed by atoms with Gasteiger partial charge < -0.3 is 13.9 Å². The summed E-state index contributed by atoms with van der Waals surface area (Å²) in [5.74, 6) is -0.149. The number of methoxy groups -OCH3 is 1. The summed E-state index contributed by atoms with van der Waals surface area (Å²) in [7, 11) is 1.56. The molecule has 0 amide bonds. The first-order chi connectivity index (χ1) is 9.22. The van der Waals surface area contributed by atoms with Gasteiger partial charge >= 0.3 is 11.9 Å². The number of hydrogen-bond acceptors (Lipinski definition) is 8. The molecule has 0 aliphatic rings. The highest BCUT2D eigenvalue weighted by atomic mass is 32.2.